The van der Waals surface area contributed by atoms with Gasteiger partial charge < -0.3 is 19.7 Å². The van der Waals surface area contributed by atoms with Gasteiger partial charge in [-0.3, -0.25) is 4.79 Å². The maximum Gasteiger partial charge on any atom is 0.315 e. The summed E-state index contributed by atoms with van der Waals surface area (Å²) < 4.78 is 10.1. The molecule has 1 aromatic carbocycles. The summed E-state index contributed by atoms with van der Waals surface area (Å²) in [5.41, 5.74) is 0.780. The topological polar surface area (TPSA) is 76.0 Å². The molecule has 112 valence electrons. The molecule has 0 bridgehead atoms. The fraction of sp³-hybridized carbons (Fsp3) is 0.500. The zero-order chi connectivity index (χ0) is 14.8. The lowest BCUT2D eigenvalue weighted by molar-refractivity contribution is -0.140. The van der Waals surface area contributed by atoms with E-state index in [1.807, 2.05) is 0 Å². The van der Waals surface area contributed by atoms with Crippen LogP contribution in [0.1, 0.15) is 24.5 Å². The van der Waals surface area contributed by atoms with Gasteiger partial charge in [-0.2, -0.15) is 12.6 Å². The first-order valence-electron chi connectivity index (χ1n) is 6.45. The highest BCUT2D eigenvalue weighted by Crippen LogP contribution is 2.21. The molecule has 0 heterocycles. The van der Waals surface area contributed by atoms with E-state index in [1.54, 1.807) is 24.3 Å². The van der Waals surface area contributed by atoms with Crippen LogP contribution in [0.5, 0.6) is 5.75 Å². The largest absolute Gasteiger partial charge is 0.491 e. The van der Waals surface area contributed by atoms with Crippen molar-refractivity contribution >= 4 is 18.6 Å². The Bertz CT molecular complexity index is 393. The minimum Gasteiger partial charge on any atom is -0.491 e. The normalized spacial score (nSPS) is 11.9. The Kier molecular flexibility index (Phi) is 8.10. The van der Waals surface area contributed by atoms with E-state index in [4.69, 9.17) is 14.6 Å². The van der Waals surface area contributed by atoms with Gasteiger partial charge in [0.15, 0.2) is 0 Å². The van der Waals surface area contributed by atoms with Crippen LogP contribution in [0.25, 0.3) is 0 Å². The first-order chi connectivity index (χ1) is 9.67. The smallest absolute Gasteiger partial charge is 0.315 e. The molecule has 2 N–H and O–H groups in total. The Morgan fingerprint density at radius 3 is 2.55 bits per heavy atom. The molecule has 0 aliphatic carbocycles. The van der Waals surface area contributed by atoms with Gasteiger partial charge in [0.25, 0.3) is 0 Å². The summed E-state index contributed by atoms with van der Waals surface area (Å²) >= 11 is 3.80. The first kappa shape index (κ1) is 16.8. The number of rotatable bonds is 9. The minimum absolute atomic E-state index is 0.0324. The van der Waals surface area contributed by atoms with Crippen LogP contribution >= 0.6 is 12.6 Å². The van der Waals surface area contributed by atoms with Crippen LogP contribution in [0.4, 0.5) is 0 Å². The molecule has 1 aromatic rings. The SMILES string of the molecule is O=C(CS)OCCC[C@H](O)c1ccc(OCCO)cc1. The number of aliphatic hydroxyl groups is 2. The molecule has 0 unspecified atom stereocenters. The summed E-state index contributed by atoms with van der Waals surface area (Å²) in [5.74, 6) is 0.364. The van der Waals surface area contributed by atoms with E-state index in [0.717, 1.165) is 5.56 Å². The van der Waals surface area contributed by atoms with Gasteiger partial charge in [0, 0.05) is 0 Å². The third-order valence-corrected chi connectivity index (χ3v) is 2.90. The van der Waals surface area contributed by atoms with Crippen molar-refractivity contribution in [1.82, 2.24) is 0 Å². The molecule has 0 aliphatic heterocycles. The number of hydrogen-bond acceptors (Lipinski definition) is 6. The van der Waals surface area contributed by atoms with Crippen LogP contribution in [-0.2, 0) is 9.53 Å². The molecule has 0 spiro atoms. The molecule has 0 saturated carbocycles. The van der Waals surface area contributed by atoms with Crippen molar-refractivity contribution in [2.45, 2.75) is 18.9 Å². The van der Waals surface area contributed by atoms with Crippen LogP contribution in [0.2, 0.25) is 0 Å². The van der Waals surface area contributed by atoms with Crippen molar-refractivity contribution in [3.8, 4) is 5.75 Å². The number of ether oxygens (including phenoxy) is 2. The molecule has 5 nitrogen and oxygen atoms in total. The molecule has 0 radical (unpaired) electrons. The van der Waals surface area contributed by atoms with Gasteiger partial charge in [0.1, 0.15) is 12.4 Å². The zero-order valence-electron chi connectivity index (χ0n) is 11.2. The van der Waals surface area contributed by atoms with E-state index >= 15 is 0 Å². The molecular formula is C14H20O5S. The predicted molar refractivity (Wildman–Crippen MR) is 78.0 cm³/mol. The molecule has 0 saturated heterocycles. The Morgan fingerprint density at radius 1 is 1.25 bits per heavy atom. The van der Waals surface area contributed by atoms with Crippen molar-refractivity contribution < 1.29 is 24.5 Å². The Morgan fingerprint density at radius 2 is 1.95 bits per heavy atom. The third-order valence-electron chi connectivity index (χ3n) is 2.64. The summed E-state index contributed by atoms with van der Waals surface area (Å²) in [6, 6.07) is 7.04. The van der Waals surface area contributed by atoms with Gasteiger partial charge in [-0.15, -0.1) is 0 Å². The zero-order valence-corrected chi connectivity index (χ0v) is 12.1. The maximum atomic E-state index is 10.9. The molecule has 0 aromatic heterocycles. The summed E-state index contributed by atoms with van der Waals surface area (Å²) in [6.45, 7) is 0.502. The number of thiol groups is 1. The Hall–Kier alpha value is -1.24. The van der Waals surface area contributed by atoms with Crippen LogP contribution in [0.3, 0.4) is 0 Å². The fourth-order valence-corrected chi connectivity index (χ4v) is 1.72. The number of carbonyl (C=O) groups excluding carboxylic acids is 1. The van der Waals surface area contributed by atoms with Gasteiger partial charge in [-0.05, 0) is 30.5 Å². The van der Waals surface area contributed by atoms with E-state index in [1.165, 1.54) is 0 Å². The fourth-order valence-electron chi connectivity index (χ4n) is 1.62. The van der Waals surface area contributed by atoms with E-state index in [-0.39, 0.29) is 31.5 Å². The molecule has 20 heavy (non-hydrogen) atoms. The molecule has 1 rings (SSSR count). The summed E-state index contributed by atoms with van der Waals surface area (Å²) in [5, 5.41) is 18.6. The van der Waals surface area contributed by atoms with Crippen LogP contribution in [0.15, 0.2) is 24.3 Å². The number of aliphatic hydroxyl groups excluding tert-OH is 2. The van der Waals surface area contributed by atoms with Gasteiger partial charge in [-0.1, -0.05) is 12.1 Å². The number of esters is 1. The maximum absolute atomic E-state index is 10.9. The average Bonchev–Trinajstić information content (AvgIpc) is 2.49. The van der Waals surface area contributed by atoms with Crippen LogP contribution in [-0.4, -0.2) is 41.8 Å². The molecule has 0 aliphatic rings. The quantitative estimate of drug-likeness (QED) is 0.364. The summed E-state index contributed by atoms with van der Waals surface area (Å²) in [6.07, 6.45) is 0.497. The van der Waals surface area contributed by atoms with Gasteiger partial charge in [-0.25, -0.2) is 0 Å². The number of carbonyl (C=O) groups is 1. The van der Waals surface area contributed by atoms with E-state index in [0.29, 0.717) is 18.6 Å². The number of hydrogen-bond donors (Lipinski definition) is 3. The lowest BCUT2D eigenvalue weighted by atomic mass is 10.1. The average molecular weight is 300 g/mol. The Labute approximate surface area is 123 Å². The van der Waals surface area contributed by atoms with Crippen molar-refractivity contribution in [2.24, 2.45) is 0 Å². The van der Waals surface area contributed by atoms with Crippen molar-refractivity contribution in [3.63, 3.8) is 0 Å². The second-order valence-electron chi connectivity index (χ2n) is 4.18. The van der Waals surface area contributed by atoms with Crippen molar-refractivity contribution in [2.75, 3.05) is 25.6 Å². The molecule has 0 amide bonds. The third kappa shape index (κ3) is 6.27. The second kappa shape index (κ2) is 9.63. The first-order valence-corrected chi connectivity index (χ1v) is 7.08. The standard InChI is InChI=1S/C14H20O5S/c15-7-9-18-12-5-3-11(4-6-12)13(16)2-1-8-19-14(17)10-20/h3-6,13,15-16,20H,1-2,7-10H2/t13-/m0/s1. The monoisotopic (exact) mass is 300 g/mol. The van der Waals surface area contributed by atoms with Gasteiger partial charge in [0.05, 0.1) is 25.1 Å². The summed E-state index contributed by atoms with van der Waals surface area (Å²) in [7, 11) is 0. The molecule has 0 fully saturated rings. The van der Waals surface area contributed by atoms with E-state index in [2.05, 4.69) is 12.6 Å². The highest BCUT2D eigenvalue weighted by atomic mass is 32.1. The second-order valence-corrected chi connectivity index (χ2v) is 4.49. The Balaban J connectivity index is 2.32. The van der Waals surface area contributed by atoms with Crippen LogP contribution in [0, 0.1) is 0 Å². The molecular weight excluding hydrogens is 280 g/mol. The lowest BCUT2D eigenvalue weighted by Gasteiger charge is -2.12. The van der Waals surface area contributed by atoms with Crippen molar-refractivity contribution in [1.29, 1.82) is 0 Å². The molecule has 6 heteroatoms. The lowest BCUT2D eigenvalue weighted by Crippen LogP contribution is -2.08. The summed E-state index contributed by atoms with van der Waals surface area (Å²) in [4.78, 5) is 10.9. The molecule has 1 atom stereocenters. The van der Waals surface area contributed by atoms with E-state index in [9.17, 15) is 9.90 Å². The predicted octanol–water partition coefficient (Wildman–Crippen LogP) is 1.34. The highest BCUT2D eigenvalue weighted by Gasteiger charge is 2.08. The van der Waals surface area contributed by atoms with Crippen LogP contribution < -0.4 is 4.74 Å². The van der Waals surface area contributed by atoms with Crippen molar-refractivity contribution in [3.05, 3.63) is 29.8 Å². The van der Waals surface area contributed by atoms with E-state index < -0.39 is 6.10 Å². The van der Waals surface area contributed by atoms with Gasteiger partial charge >= 0.3 is 5.97 Å². The van der Waals surface area contributed by atoms with Gasteiger partial charge in [0.2, 0.25) is 0 Å². The number of benzene rings is 1. The highest BCUT2D eigenvalue weighted by molar-refractivity contribution is 7.81. The minimum atomic E-state index is -0.600.